The Morgan fingerprint density at radius 3 is 2.14 bits per heavy atom. The Balaban J connectivity index is 0.000000774. The fraction of sp³-hybridized carbons (Fsp3) is 0.941. The summed E-state index contributed by atoms with van der Waals surface area (Å²) in [5.74, 6) is 0.747. The molecule has 1 saturated heterocycles. The maximum Gasteiger partial charge on any atom is 0.225 e. The van der Waals surface area contributed by atoms with E-state index in [0.717, 1.165) is 45.1 Å². The molecule has 2 aliphatic carbocycles. The van der Waals surface area contributed by atoms with Gasteiger partial charge < -0.3 is 15.1 Å². The fourth-order valence-electron chi connectivity index (χ4n) is 4.03. The minimum Gasteiger partial charge on any atom is -0.340 e. The van der Waals surface area contributed by atoms with E-state index in [4.69, 9.17) is 0 Å². The van der Waals surface area contributed by atoms with Gasteiger partial charge in [-0.3, -0.25) is 4.79 Å². The van der Waals surface area contributed by atoms with E-state index in [1.807, 2.05) is 13.8 Å². The zero-order valence-electron chi connectivity index (χ0n) is 14.3. The van der Waals surface area contributed by atoms with Crippen LogP contribution >= 0.6 is 0 Å². The summed E-state index contributed by atoms with van der Waals surface area (Å²) >= 11 is 0. The van der Waals surface area contributed by atoms with Crippen molar-refractivity contribution in [1.82, 2.24) is 15.1 Å². The average molecular weight is 295 g/mol. The largest absolute Gasteiger partial charge is 0.340 e. The van der Waals surface area contributed by atoms with Crippen LogP contribution in [0.15, 0.2) is 0 Å². The van der Waals surface area contributed by atoms with Crippen LogP contribution in [0.4, 0.5) is 0 Å². The Bertz CT molecular complexity index is 342. The van der Waals surface area contributed by atoms with Gasteiger partial charge in [0.1, 0.15) is 0 Å². The number of hydrogen-bond donors (Lipinski definition) is 1. The fourth-order valence-corrected chi connectivity index (χ4v) is 4.03. The molecule has 21 heavy (non-hydrogen) atoms. The van der Waals surface area contributed by atoms with Gasteiger partial charge in [0.25, 0.3) is 0 Å². The smallest absolute Gasteiger partial charge is 0.225 e. The standard InChI is InChI=1S/C15H27N3O.C2H6/c1-16-13-11-15(13)5-3-12(4-6-15)14(19)18-9-7-17(2)8-10-18;1-2/h12-13,16H,3-11H2,1-2H3;1-2H3. The van der Waals surface area contributed by atoms with Crippen LogP contribution in [-0.4, -0.2) is 62.0 Å². The number of rotatable bonds is 2. The maximum atomic E-state index is 12.5. The van der Waals surface area contributed by atoms with Gasteiger partial charge in [-0.05, 0) is 51.6 Å². The number of carbonyl (C=O) groups excluding carboxylic acids is 1. The van der Waals surface area contributed by atoms with Crippen molar-refractivity contribution in [3.8, 4) is 0 Å². The topological polar surface area (TPSA) is 35.6 Å². The molecule has 1 amide bonds. The molecule has 1 atom stereocenters. The Morgan fingerprint density at radius 1 is 1.10 bits per heavy atom. The maximum absolute atomic E-state index is 12.5. The van der Waals surface area contributed by atoms with E-state index in [1.165, 1.54) is 19.3 Å². The summed E-state index contributed by atoms with van der Waals surface area (Å²) < 4.78 is 0. The van der Waals surface area contributed by atoms with E-state index in [-0.39, 0.29) is 0 Å². The van der Waals surface area contributed by atoms with E-state index in [2.05, 4.69) is 29.2 Å². The van der Waals surface area contributed by atoms with Crippen molar-refractivity contribution in [2.24, 2.45) is 11.3 Å². The second-order valence-corrected chi connectivity index (χ2v) is 6.81. The van der Waals surface area contributed by atoms with Crippen molar-refractivity contribution in [1.29, 1.82) is 0 Å². The molecule has 4 nitrogen and oxygen atoms in total. The molecular formula is C17H33N3O. The lowest BCUT2D eigenvalue weighted by molar-refractivity contribution is -0.138. The highest BCUT2D eigenvalue weighted by atomic mass is 16.2. The van der Waals surface area contributed by atoms with Crippen molar-refractivity contribution in [3.05, 3.63) is 0 Å². The minimum atomic E-state index is 0.312. The lowest BCUT2D eigenvalue weighted by Crippen LogP contribution is -2.49. The highest BCUT2D eigenvalue weighted by Crippen LogP contribution is 2.57. The van der Waals surface area contributed by atoms with Crippen molar-refractivity contribution >= 4 is 5.91 Å². The third kappa shape index (κ3) is 3.59. The minimum absolute atomic E-state index is 0.312. The summed E-state index contributed by atoms with van der Waals surface area (Å²) in [5.41, 5.74) is 0.563. The highest BCUT2D eigenvalue weighted by molar-refractivity contribution is 5.79. The Hall–Kier alpha value is -0.610. The molecule has 0 aromatic heterocycles. The van der Waals surface area contributed by atoms with Gasteiger partial charge in [-0.1, -0.05) is 13.8 Å². The first-order valence-corrected chi connectivity index (χ1v) is 8.79. The molecule has 1 heterocycles. The molecule has 122 valence electrons. The van der Waals surface area contributed by atoms with Gasteiger partial charge in [0.15, 0.2) is 0 Å². The molecular weight excluding hydrogens is 262 g/mol. The number of nitrogens with one attached hydrogen (secondary N) is 1. The Morgan fingerprint density at radius 2 is 1.67 bits per heavy atom. The highest BCUT2D eigenvalue weighted by Gasteiger charge is 2.54. The van der Waals surface area contributed by atoms with E-state index in [9.17, 15) is 4.79 Å². The van der Waals surface area contributed by atoms with E-state index >= 15 is 0 Å². The second kappa shape index (κ2) is 7.10. The molecule has 3 aliphatic rings. The first-order valence-electron chi connectivity index (χ1n) is 8.79. The van der Waals surface area contributed by atoms with Crippen molar-refractivity contribution in [3.63, 3.8) is 0 Å². The molecule has 2 saturated carbocycles. The molecule has 1 unspecified atom stereocenters. The number of nitrogens with zero attached hydrogens (tertiary/aromatic N) is 2. The summed E-state index contributed by atoms with van der Waals surface area (Å²) in [4.78, 5) is 16.9. The number of amides is 1. The third-order valence-electron chi connectivity index (χ3n) is 5.68. The number of carbonyl (C=O) groups is 1. The van der Waals surface area contributed by atoms with E-state index < -0.39 is 0 Å². The Labute approximate surface area is 130 Å². The predicted molar refractivity (Wildman–Crippen MR) is 87.3 cm³/mol. The van der Waals surface area contributed by atoms with Gasteiger partial charge in [-0.15, -0.1) is 0 Å². The van der Waals surface area contributed by atoms with Crippen molar-refractivity contribution in [2.75, 3.05) is 40.3 Å². The molecule has 0 aromatic rings. The van der Waals surface area contributed by atoms with Crippen LogP contribution in [0, 0.1) is 11.3 Å². The SMILES string of the molecule is CC.CNC1CC12CCC(C(=O)N1CCN(C)CC1)CC2. The van der Waals surface area contributed by atoms with Gasteiger partial charge in [0.05, 0.1) is 0 Å². The normalized spacial score (nSPS) is 36.1. The lowest BCUT2D eigenvalue weighted by atomic mass is 9.78. The molecule has 0 bridgehead atoms. The Kier molecular flexibility index (Phi) is 5.67. The number of piperazine rings is 1. The first-order chi connectivity index (χ1) is 10.1. The zero-order chi connectivity index (χ0) is 15.5. The second-order valence-electron chi connectivity index (χ2n) is 6.81. The molecule has 3 rings (SSSR count). The molecule has 4 heteroatoms. The third-order valence-corrected chi connectivity index (χ3v) is 5.68. The van der Waals surface area contributed by atoms with Crippen LogP contribution in [-0.2, 0) is 4.79 Å². The van der Waals surface area contributed by atoms with Gasteiger partial charge in [0.2, 0.25) is 5.91 Å². The molecule has 1 N–H and O–H groups in total. The van der Waals surface area contributed by atoms with E-state index in [1.54, 1.807) is 0 Å². The monoisotopic (exact) mass is 295 g/mol. The predicted octanol–water partition coefficient (Wildman–Crippen LogP) is 1.95. The summed E-state index contributed by atoms with van der Waals surface area (Å²) in [6.45, 7) is 7.92. The van der Waals surface area contributed by atoms with Crippen LogP contribution in [0.5, 0.6) is 0 Å². The number of hydrogen-bond acceptors (Lipinski definition) is 3. The van der Waals surface area contributed by atoms with Gasteiger partial charge in [-0.2, -0.15) is 0 Å². The van der Waals surface area contributed by atoms with Crippen LogP contribution in [0.3, 0.4) is 0 Å². The summed E-state index contributed by atoms with van der Waals surface area (Å²) in [5, 5.41) is 3.41. The zero-order valence-corrected chi connectivity index (χ0v) is 14.3. The molecule has 1 aliphatic heterocycles. The summed E-state index contributed by atoms with van der Waals surface area (Å²) in [6.07, 6.45) is 6.07. The van der Waals surface area contributed by atoms with Crippen LogP contribution < -0.4 is 5.32 Å². The van der Waals surface area contributed by atoms with Gasteiger partial charge in [-0.25, -0.2) is 0 Å². The summed E-state index contributed by atoms with van der Waals surface area (Å²) in [6, 6.07) is 0.729. The van der Waals surface area contributed by atoms with Crippen molar-refractivity contribution < 1.29 is 4.79 Å². The average Bonchev–Trinajstić information content (AvgIpc) is 3.22. The molecule has 3 fully saturated rings. The molecule has 1 spiro atoms. The molecule has 0 radical (unpaired) electrons. The summed E-state index contributed by atoms with van der Waals surface area (Å²) in [7, 11) is 4.21. The van der Waals surface area contributed by atoms with E-state index in [0.29, 0.717) is 17.2 Å². The molecule has 0 aromatic carbocycles. The van der Waals surface area contributed by atoms with Crippen molar-refractivity contribution in [2.45, 2.75) is 52.0 Å². The first kappa shape index (κ1) is 16.8. The quantitative estimate of drug-likeness (QED) is 0.846. The van der Waals surface area contributed by atoms with Crippen LogP contribution in [0.1, 0.15) is 46.0 Å². The van der Waals surface area contributed by atoms with Crippen LogP contribution in [0.25, 0.3) is 0 Å². The van der Waals surface area contributed by atoms with Gasteiger partial charge in [0, 0.05) is 38.1 Å². The van der Waals surface area contributed by atoms with Crippen LogP contribution in [0.2, 0.25) is 0 Å². The van der Waals surface area contributed by atoms with Gasteiger partial charge >= 0.3 is 0 Å². The lowest BCUT2D eigenvalue weighted by Gasteiger charge is -2.37. The number of likely N-dealkylation sites (N-methyl/N-ethyl adjacent to an activating group) is 1.